The Kier molecular flexibility index (Phi) is 5.64. The smallest absolute Gasteiger partial charge is 0.337 e. The minimum absolute atomic E-state index is 0.266. The number of rotatable bonds is 5. The van der Waals surface area contributed by atoms with Gasteiger partial charge in [-0.2, -0.15) is 0 Å². The van der Waals surface area contributed by atoms with E-state index in [-0.39, 0.29) is 5.56 Å². The number of ether oxygens (including phenoxy) is 1. The zero-order valence-corrected chi connectivity index (χ0v) is 14.7. The van der Waals surface area contributed by atoms with Gasteiger partial charge in [-0.25, -0.2) is 13.2 Å². The molecule has 0 aliphatic carbocycles. The molecule has 5 nitrogen and oxygen atoms in total. The van der Waals surface area contributed by atoms with E-state index in [0.717, 1.165) is 5.41 Å². The lowest BCUT2D eigenvalue weighted by Crippen LogP contribution is -2.11. The lowest BCUT2D eigenvalue weighted by molar-refractivity contribution is 0.0601. The average molecular weight is 366 g/mol. The molecule has 2 aromatic carbocycles. The first-order valence-electron chi connectivity index (χ1n) is 6.96. The highest BCUT2D eigenvalue weighted by Crippen LogP contribution is 2.20. The van der Waals surface area contributed by atoms with Gasteiger partial charge >= 0.3 is 5.97 Å². The summed E-state index contributed by atoms with van der Waals surface area (Å²) >= 11 is 5.79. The van der Waals surface area contributed by atoms with Crippen LogP contribution in [0.2, 0.25) is 5.02 Å². The van der Waals surface area contributed by atoms with Crippen molar-refractivity contribution >= 4 is 39.4 Å². The van der Waals surface area contributed by atoms with Gasteiger partial charge < -0.3 is 4.74 Å². The minimum Gasteiger partial charge on any atom is -0.465 e. The van der Waals surface area contributed by atoms with Gasteiger partial charge in [0.2, 0.25) is 0 Å². The van der Waals surface area contributed by atoms with Gasteiger partial charge in [-0.1, -0.05) is 29.8 Å². The van der Waals surface area contributed by atoms with Crippen LogP contribution in [0.5, 0.6) is 0 Å². The maximum absolute atomic E-state index is 12.2. The third-order valence-electron chi connectivity index (χ3n) is 3.22. The molecule has 0 saturated carbocycles. The highest BCUT2D eigenvalue weighted by molar-refractivity contribution is 7.95. The molecular weight excluding hydrogens is 350 g/mol. The zero-order chi connectivity index (χ0) is 17.7. The number of anilines is 1. The third-order valence-corrected chi connectivity index (χ3v) is 4.47. The number of esters is 1. The summed E-state index contributed by atoms with van der Waals surface area (Å²) in [4.78, 5) is 11.6. The lowest BCUT2D eigenvalue weighted by atomic mass is 10.1. The second kappa shape index (κ2) is 7.51. The Balaban J connectivity index is 2.22. The van der Waals surface area contributed by atoms with E-state index in [1.54, 1.807) is 43.3 Å². The predicted octanol–water partition coefficient (Wildman–Crippen LogP) is 3.85. The summed E-state index contributed by atoms with van der Waals surface area (Å²) in [6.45, 7) is 1.74. The molecule has 0 atom stereocenters. The van der Waals surface area contributed by atoms with E-state index >= 15 is 0 Å². The average Bonchev–Trinajstić information content (AvgIpc) is 2.55. The minimum atomic E-state index is -3.73. The number of halogens is 1. The Morgan fingerprint density at radius 2 is 1.83 bits per heavy atom. The van der Waals surface area contributed by atoms with Crippen LogP contribution in [0, 0.1) is 6.92 Å². The van der Waals surface area contributed by atoms with Gasteiger partial charge in [-0.3, -0.25) is 4.72 Å². The number of hydrogen-bond acceptors (Lipinski definition) is 4. The van der Waals surface area contributed by atoms with Crippen molar-refractivity contribution in [2.24, 2.45) is 0 Å². The Hall–Kier alpha value is -2.31. The monoisotopic (exact) mass is 365 g/mol. The van der Waals surface area contributed by atoms with Crippen molar-refractivity contribution < 1.29 is 17.9 Å². The molecule has 1 N–H and O–H groups in total. The van der Waals surface area contributed by atoms with Crippen LogP contribution in [-0.4, -0.2) is 21.5 Å². The molecule has 24 heavy (non-hydrogen) atoms. The first-order valence-corrected chi connectivity index (χ1v) is 8.88. The maximum Gasteiger partial charge on any atom is 0.337 e. The predicted molar refractivity (Wildman–Crippen MR) is 95.5 cm³/mol. The molecule has 2 rings (SSSR count). The standard InChI is InChI=1S/C17H16ClNO4S/c1-12-3-6-14(17(20)23-2)11-16(12)19-24(21,22)10-9-13-4-7-15(18)8-5-13/h3-11,19H,1-2H3/b10-9+. The number of carbonyl (C=O) groups is 1. The number of benzene rings is 2. The number of methoxy groups -OCH3 is 1. The van der Waals surface area contributed by atoms with E-state index in [1.807, 2.05) is 0 Å². The van der Waals surface area contributed by atoms with Gasteiger partial charge in [0.05, 0.1) is 23.8 Å². The first kappa shape index (κ1) is 18.0. The lowest BCUT2D eigenvalue weighted by Gasteiger charge is -2.09. The molecule has 0 aromatic heterocycles. The van der Waals surface area contributed by atoms with Gasteiger partial charge in [0.1, 0.15) is 0 Å². The van der Waals surface area contributed by atoms with Crippen molar-refractivity contribution in [1.29, 1.82) is 0 Å². The fourth-order valence-electron chi connectivity index (χ4n) is 1.91. The van der Waals surface area contributed by atoms with Crippen LogP contribution in [0.1, 0.15) is 21.5 Å². The van der Waals surface area contributed by atoms with Crippen molar-refractivity contribution in [3.8, 4) is 0 Å². The van der Waals surface area contributed by atoms with Crippen LogP contribution >= 0.6 is 11.6 Å². The van der Waals surface area contributed by atoms with E-state index < -0.39 is 16.0 Å². The van der Waals surface area contributed by atoms with Crippen LogP contribution in [0.25, 0.3) is 6.08 Å². The summed E-state index contributed by atoms with van der Waals surface area (Å²) < 4.78 is 31.5. The van der Waals surface area contributed by atoms with Crippen LogP contribution in [0.3, 0.4) is 0 Å². The SMILES string of the molecule is COC(=O)c1ccc(C)c(NS(=O)(=O)/C=C/c2ccc(Cl)cc2)c1. The van der Waals surface area contributed by atoms with Crippen molar-refractivity contribution in [2.75, 3.05) is 11.8 Å². The Morgan fingerprint density at radius 3 is 2.46 bits per heavy atom. The first-order chi connectivity index (χ1) is 11.3. The number of aryl methyl sites for hydroxylation is 1. The number of hydrogen-bond donors (Lipinski definition) is 1. The van der Waals surface area contributed by atoms with E-state index in [4.69, 9.17) is 11.6 Å². The van der Waals surface area contributed by atoms with Crippen molar-refractivity contribution in [3.05, 3.63) is 69.6 Å². The van der Waals surface area contributed by atoms with E-state index in [2.05, 4.69) is 9.46 Å². The second-order valence-corrected chi connectivity index (χ2v) is 7.03. The van der Waals surface area contributed by atoms with Crippen LogP contribution in [0.15, 0.2) is 47.9 Å². The number of sulfonamides is 1. The molecule has 0 saturated heterocycles. The van der Waals surface area contributed by atoms with Gasteiger partial charge in [0.25, 0.3) is 10.0 Å². The van der Waals surface area contributed by atoms with Gasteiger partial charge in [-0.15, -0.1) is 0 Å². The zero-order valence-electron chi connectivity index (χ0n) is 13.1. The summed E-state index contributed by atoms with van der Waals surface area (Å²) in [5.74, 6) is -0.535. The summed E-state index contributed by atoms with van der Waals surface area (Å²) in [5, 5.41) is 1.63. The van der Waals surface area contributed by atoms with Gasteiger partial charge in [-0.05, 0) is 48.4 Å². The number of nitrogens with one attached hydrogen (secondary N) is 1. The fraction of sp³-hybridized carbons (Fsp3) is 0.118. The largest absolute Gasteiger partial charge is 0.465 e. The molecule has 126 valence electrons. The van der Waals surface area contributed by atoms with Gasteiger partial charge in [0.15, 0.2) is 0 Å². The second-order valence-electron chi connectivity index (χ2n) is 5.02. The van der Waals surface area contributed by atoms with Crippen LogP contribution in [0.4, 0.5) is 5.69 Å². The molecule has 0 radical (unpaired) electrons. The molecule has 0 heterocycles. The summed E-state index contributed by atoms with van der Waals surface area (Å²) in [6.07, 6.45) is 1.46. The summed E-state index contributed by atoms with van der Waals surface area (Å²) in [6, 6.07) is 11.4. The fourth-order valence-corrected chi connectivity index (χ4v) is 2.96. The molecule has 2 aromatic rings. The molecule has 0 amide bonds. The summed E-state index contributed by atoms with van der Waals surface area (Å²) in [5.41, 5.74) is 1.97. The highest BCUT2D eigenvalue weighted by atomic mass is 35.5. The van der Waals surface area contributed by atoms with Crippen molar-refractivity contribution in [2.45, 2.75) is 6.92 Å². The van der Waals surface area contributed by atoms with E-state index in [9.17, 15) is 13.2 Å². The molecule has 0 spiro atoms. The Labute approximate surface area is 146 Å². The quantitative estimate of drug-likeness (QED) is 0.817. The van der Waals surface area contributed by atoms with Crippen LogP contribution in [-0.2, 0) is 14.8 Å². The third kappa shape index (κ3) is 4.84. The van der Waals surface area contributed by atoms with Crippen LogP contribution < -0.4 is 4.72 Å². The molecule has 0 unspecified atom stereocenters. The Morgan fingerprint density at radius 1 is 1.17 bits per heavy atom. The molecular formula is C17H16ClNO4S. The van der Waals surface area contributed by atoms with E-state index in [0.29, 0.717) is 21.8 Å². The normalized spacial score (nSPS) is 11.5. The molecule has 0 aliphatic heterocycles. The van der Waals surface area contributed by atoms with E-state index in [1.165, 1.54) is 19.3 Å². The van der Waals surface area contributed by atoms with Crippen molar-refractivity contribution in [3.63, 3.8) is 0 Å². The molecule has 7 heteroatoms. The maximum atomic E-state index is 12.2. The topological polar surface area (TPSA) is 72.5 Å². The Bertz CT molecular complexity index is 874. The van der Waals surface area contributed by atoms with Gasteiger partial charge in [0, 0.05) is 5.02 Å². The van der Waals surface area contributed by atoms with Crippen molar-refractivity contribution in [1.82, 2.24) is 0 Å². The molecule has 0 bridgehead atoms. The molecule has 0 aliphatic rings. The highest BCUT2D eigenvalue weighted by Gasteiger charge is 2.12. The summed E-state index contributed by atoms with van der Waals surface area (Å²) in [7, 11) is -2.47. The number of carbonyl (C=O) groups excluding carboxylic acids is 1. The molecule has 0 fully saturated rings.